The monoisotopic (exact) mass is 348 g/mol. The SMILES string of the molecule is Cc1cc(Br)cc(C)c1NS(=O)(=O)CCNC(C)C. The molecule has 0 saturated carbocycles. The first-order valence-corrected chi connectivity index (χ1v) is 8.66. The lowest BCUT2D eigenvalue weighted by atomic mass is 10.1. The molecule has 0 radical (unpaired) electrons. The molecule has 1 aromatic carbocycles. The van der Waals surface area contributed by atoms with Crippen LogP contribution < -0.4 is 10.0 Å². The first kappa shape index (κ1) is 16.5. The van der Waals surface area contributed by atoms with Crippen LogP contribution in [0, 0.1) is 13.8 Å². The van der Waals surface area contributed by atoms with Gasteiger partial charge in [-0.05, 0) is 37.1 Å². The van der Waals surface area contributed by atoms with E-state index in [-0.39, 0.29) is 11.8 Å². The molecule has 0 amide bonds. The molecule has 1 aromatic rings. The van der Waals surface area contributed by atoms with Gasteiger partial charge in [0.1, 0.15) is 0 Å². The molecule has 19 heavy (non-hydrogen) atoms. The molecule has 0 bridgehead atoms. The largest absolute Gasteiger partial charge is 0.313 e. The van der Waals surface area contributed by atoms with Crippen LogP contribution in [0.25, 0.3) is 0 Å². The van der Waals surface area contributed by atoms with E-state index in [1.807, 2.05) is 39.8 Å². The molecule has 0 unspecified atom stereocenters. The second-order valence-corrected chi connectivity index (χ2v) is 7.70. The zero-order valence-electron chi connectivity index (χ0n) is 11.7. The Morgan fingerprint density at radius 1 is 1.21 bits per heavy atom. The van der Waals surface area contributed by atoms with Crippen molar-refractivity contribution in [3.63, 3.8) is 0 Å². The predicted octanol–water partition coefficient (Wildman–Crippen LogP) is 2.81. The molecule has 0 aliphatic heterocycles. The van der Waals surface area contributed by atoms with E-state index in [1.165, 1.54) is 0 Å². The van der Waals surface area contributed by atoms with E-state index in [0.29, 0.717) is 12.2 Å². The fourth-order valence-electron chi connectivity index (χ4n) is 1.76. The van der Waals surface area contributed by atoms with Gasteiger partial charge < -0.3 is 5.32 Å². The Kier molecular flexibility index (Phi) is 5.82. The smallest absolute Gasteiger partial charge is 0.233 e. The molecule has 0 aliphatic rings. The van der Waals surface area contributed by atoms with Gasteiger partial charge in [-0.3, -0.25) is 4.72 Å². The van der Waals surface area contributed by atoms with Crippen molar-refractivity contribution in [1.29, 1.82) is 0 Å². The lowest BCUT2D eigenvalue weighted by Gasteiger charge is -2.14. The molecule has 2 N–H and O–H groups in total. The van der Waals surface area contributed by atoms with E-state index in [0.717, 1.165) is 15.6 Å². The number of sulfonamides is 1. The molecular formula is C13H21BrN2O2S. The Bertz CT molecular complexity index is 519. The van der Waals surface area contributed by atoms with Gasteiger partial charge in [-0.25, -0.2) is 8.42 Å². The van der Waals surface area contributed by atoms with Crippen molar-refractivity contribution in [3.8, 4) is 0 Å². The number of aryl methyl sites for hydroxylation is 2. The first-order valence-electron chi connectivity index (χ1n) is 6.22. The van der Waals surface area contributed by atoms with Gasteiger partial charge in [0, 0.05) is 17.1 Å². The predicted molar refractivity (Wildman–Crippen MR) is 84.2 cm³/mol. The maximum absolute atomic E-state index is 12.0. The summed E-state index contributed by atoms with van der Waals surface area (Å²) in [4.78, 5) is 0. The number of hydrogen-bond donors (Lipinski definition) is 2. The molecule has 0 aromatic heterocycles. The summed E-state index contributed by atoms with van der Waals surface area (Å²) in [5, 5.41) is 3.10. The van der Waals surface area contributed by atoms with Crippen molar-refractivity contribution in [3.05, 3.63) is 27.7 Å². The second kappa shape index (κ2) is 6.72. The van der Waals surface area contributed by atoms with Crippen LogP contribution in [0.2, 0.25) is 0 Å². The first-order chi connectivity index (χ1) is 8.71. The van der Waals surface area contributed by atoms with E-state index in [9.17, 15) is 8.42 Å². The Balaban J connectivity index is 2.79. The maximum atomic E-state index is 12.0. The fraction of sp³-hybridized carbons (Fsp3) is 0.538. The third kappa shape index (κ3) is 5.50. The summed E-state index contributed by atoms with van der Waals surface area (Å²) in [6.45, 7) is 8.21. The van der Waals surface area contributed by atoms with Crippen molar-refractivity contribution in [2.24, 2.45) is 0 Å². The molecule has 4 nitrogen and oxygen atoms in total. The zero-order valence-corrected chi connectivity index (χ0v) is 14.2. The number of anilines is 1. The van der Waals surface area contributed by atoms with Gasteiger partial charge in [0.2, 0.25) is 10.0 Å². The molecular weight excluding hydrogens is 328 g/mol. The van der Waals surface area contributed by atoms with Crippen molar-refractivity contribution >= 4 is 31.6 Å². The van der Waals surface area contributed by atoms with E-state index in [2.05, 4.69) is 26.0 Å². The van der Waals surface area contributed by atoms with Crippen molar-refractivity contribution in [2.75, 3.05) is 17.0 Å². The standard InChI is InChI=1S/C13H21BrN2O2S/c1-9(2)15-5-6-19(17,18)16-13-10(3)7-12(14)8-11(13)4/h7-9,15-16H,5-6H2,1-4H3. The minimum absolute atomic E-state index is 0.0696. The van der Waals surface area contributed by atoms with Crippen molar-refractivity contribution in [1.82, 2.24) is 5.32 Å². The van der Waals surface area contributed by atoms with Gasteiger partial charge in [-0.1, -0.05) is 29.8 Å². The van der Waals surface area contributed by atoms with Gasteiger partial charge >= 0.3 is 0 Å². The normalized spacial score (nSPS) is 11.9. The summed E-state index contributed by atoms with van der Waals surface area (Å²) < 4.78 is 27.6. The van der Waals surface area contributed by atoms with Crippen LogP contribution in [0.15, 0.2) is 16.6 Å². The van der Waals surface area contributed by atoms with E-state index < -0.39 is 10.0 Å². The highest BCUT2D eigenvalue weighted by Crippen LogP contribution is 2.25. The highest BCUT2D eigenvalue weighted by molar-refractivity contribution is 9.10. The summed E-state index contributed by atoms with van der Waals surface area (Å²) in [7, 11) is -3.32. The van der Waals surface area contributed by atoms with Gasteiger partial charge in [-0.2, -0.15) is 0 Å². The summed E-state index contributed by atoms with van der Waals surface area (Å²) in [5.74, 6) is 0.0696. The van der Waals surface area contributed by atoms with Crippen molar-refractivity contribution in [2.45, 2.75) is 33.7 Å². The molecule has 0 saturated heterocycles. The topological polar surface area (TPSA) is 58.2 Å². The lowest BCUT2D eigenvalue weighted by Crippen LogP contribution is -2.31. The van der Waals surface area contributed by atoms with Crippen LogP contribution in [0.4, 0.5) is 5.69 Å². The number of nitrogens with one attached hydrogen (secondary N) is 2. The second-order valence-electron chi connectivity index (χ2n) is 4.94. The third-order valence-electron chi connectivity index (χ3n) is 2.68. The average molecular weight is 349 g/mol. The Morgan fingerprint density at radius 3 is 2.21 bits per heavy atom. The van der Waals surface area contributed by atoms with Crippen molar-refractivity contribution < 1.29 is 8.42 Å². The summed E-state index contributed by atoms with van der Waals surface area (Å²) in [5.41, 5.74) is 2.49. The molecule has 0 spiro atoms. The Hall–Kier alpha value is -0.590. The summed E-state index contributed by atoms with van der Waals surface area (Å²) in [6.07, 6.45) is 0. The van der Waals surface area contributed by atoms with Gasteiger partial charge in [0.05, 0.1) is 11.4 Å². The van der Waals surface area contributed by atoms with Crippen LogP contribution in [0.3, 0.4) is 0 Å². The molecule has 0 aliphatic carbocycles. The van der Waals surface area contributed by atoms with Gasteiger partial charge in [0.15, 0.2) is 0 Å². The quantitative estimate of drug-likeness (QED) is 0.830. The average Bonchev–Trinajstić information content (AvgIpc) is 2.22. The molecule has 6 heteroatoms. The Morgan fingerprint density at radius 2 is 1.74 bits per heavy atom. The summed E-state index contributed by atoms with van der Waals surface area (Å²) in [6, 6.07) is 4.08. The van der Waals surface area contributed by atoms with Crippen LogP contribution in [-0.4, -0.2) is 26.8 Å². The lowest BCUT2D eigenvalue weighted by molar-refractivity contribution is 0.582. The highest BCUT2D eigenvalue weighted by atomic mass is 79.9. The molecule has 0 fully saturated rings. The van der Waals surface area contributed by atoms with E-state index in [1.54, 1.807) is 0 Å². The highest BCUT2D eigenvalue weighted by Gasteiger charge is 2.14. The third-order valence-corrected chi connectivity index (χ3v) is 4.39. The van der Waals surface area contributed by atoms with Gasteiger partial charge in [-0.15, -0.1) is 0 Å². The Labute approximate surface area is 124 Å². The minimum Gasteiger partial charge on any atom is -0.313 e. The number of halogens is 1. The van der Waals surface area contributed by atoms with Crippen LogP contribution >= 0.6 is 15.9 Å². The minimum atomic E-state index is -3.32. The molecule has 0 atom stereocenters. The number of rotatable bonds is 6. The van der Waals surface area contributed by atoms with Crippen LogP contribution in [-0.2, 0) is 10.0 Å². The molecule has 1 rings (SSSR count). The molecule has 0 heterocycles. The fourth-order valence-corrected chi connectivity index (χ4v) is 3.57. The number of hydrogen-bond acceptors (Lipinski definition) is 3. The zero-order chi connectivity index (χ0) is 14.6. The molecule has 108 valence electrons. The van der Waals surface area contributed by atoms with Crippen LogP contribution in [0.5, 0.6) is 0 Å². The van der Waals surface area contributed by atoms with E-state index in [4.69, 9.17) is 0 Å². The maximum Gasteiger partial charge on any atom is 0.233 e. The summed E-state index contributed by atoms with van der Waals surface area (Å²) >= 11 is 3.40. The van der Waals surface area contributed by atoms with Crippen LogP contribution in [0.1, 0.15) is 25.0 Å². The van der Waals surface area contributed by atoms with Gasteiger partial charge in [0.25, 0.3) is 0 Å². The van der Waals surface area contributed by atoms with E-state index >= 15 is 0 Å². The number of benzene rings is 1.